The number of pyridine rings is 2. The first-order valence-electron chi connectivity index (χ1n) is 14.3. The van der Waals surface area contributed by atoms with Crippen LogP contribution in [0.1, 0.15) is 42.7 Å². The number of halogens is 1. The molecule has 15 nitrogen and oxygen atoms in total. The van der Waals surface area contributed by atoms with Gasteiger partial charge in [0, 0.05) is 22.9 Å². The first-order valence-corrected chi connectivity index (χ1v) is 15.8. The molecule has 7 rings (SSSR count). The highest BCUT2D eigenvalue weighted by atomic mass is 31.2. The maximum atomic E-state index is 13.8. The predicted molar refractivity (Wildman–Crippen MR) is 155 cm³/mol. The fourth-order valence-corrected chi connectivity index (χ4v) is 7.25. The number of nitrogens with zero attached hydrogens (tertiary/aromatic N) is 3. The SMILES string of the molecule is CC[C@@]1(OP(=O)(O)OC[C@H]2O[C@@H](n3cc(F)c(=O)[nH]c3=O)C[C@@H]2O)C(=O)OCc2c1cc1n(c2=O)Cc2cc3ccccc3nc2-1. The monoisotopic (exact) mass is 656 g/mol. The van der Waals surface area contributed by atoms with Crippen molar-refractivity contribution in [1.29, 1.82) is 0 Å². The third kappa shape index (κ3) is 4.85. The quantitative estimate of drug-likeness (QED) is 0.169. The number of para-hydroxylation sites is 1. The van der Waals surface area contributed by atoms with Crippen LogP contribution in [0.2, 0.25) is 0 Å². The minimum Gasteiger partial charge on any atom is -0.458 e. The number of aliphatic hydroxyl groups excluding tert-OH is 1. The number of H-pyrrole nitrogens is 1. The van der Waals surface area contributed by atoms with Crippen LogP contribution in [0.4, 0.5) is 4.39 Å². The van der Waals surface area contributed by atoms with E-state index in [4.69, 9.17) is 23.5 Å². The number of hydrogen-bond donors (Lipinski definition) is 3. The maximum absolute atomic E-state index is 13.8. The average Bonchev–Trinajstić information content (AvgIpc) is 3.58. The summed E-state index contributed by atoms with van der Waals surface area (Å²) in [6, 6.07) is 10.9. The summed E-state index contributed by atoms with van der Waals surface area (Å²) in [4.78, 5) is 67.8. The number of nitrogens with one attached hydrogen (secondary N) is 1. The van der Waals surface area contributed by atoms with Gasteiger partial charge < -0.3 is 24.0 Å². The van der Waals surface area contributed by atoms with Gasteiger partial charge in [-0.25, -0.2) is 19.1 Å². The van der Waals surface area contributed by atoms with Gasteiger partial charge in [0.25, 0.3) is 11.1 Å². The van der Waals surface area contributed by atoms with E-state index in [1.165, 1.54) is 11.5 Å². The van der Waals surface area contributed by atoms with Crippen LogP contribution < -0.4 is 16.8 Å². The molecule has 3 aliphatic heterocycles. The number of benzene rings is 1. The van der Waals surface area contributed by atoms with Gasteiger partial charge in [-0.2, -0.15) is 4.39 Å². The van der Waals surface area contributed by atoms with E-state index in [-0.39, 0.29) is 37.1 Å². The van der Waals surface area contributed by atoms with Gasteiger partial charge in [-0.1, -0.05) is 25.1 Å². The van der Waals surface area contributed by atoms with E-state index in [0.29, 0.717) is 23.1 Å². The van der Waals surface area contributed by atoms with Gasteiger partial charge in [0.2, 0.25) is 11.4 Å². The number of aromatic amines is 1. The van der Waals surface area contributed by atoms with E-state index < -0.39 is 67.1 Å². The molecular weight excluding hydrogens is 630 g/mol. The Morgan fingerprint density at radius 1 is 1.22 bits per heavy atom. The van der Waals surface area contributed by atoms with Crippen LogP contribution >= 0.6 is 7.82 Å². The summed E-state index contributed by atoms with van der Waals surface area (Å²) in [5, 5.41) is 11.4. The fraction of sp³-hybridized carbons (Fsp3) is 0.345. The third-order valence-corrected chi connectivity index (χ3v) is 9.51. The Morgan fingerprint density at radius 3 is 2.78 bits per heavy atom. The molecule has 1 fully saturated rings. The molecule has 5 atom stereocenters. The summed E-state index contributed by atoms with van der Waals surface area (Å²) in [6.45, 7) is 0.614. The largest absolute Gasteiger partial charge is 0.473 e. The van der Waals surface area contributed by atoms with Crippen LogP contribution in [0, 0.1) is 5.82 Å². The van der Waals surface area contributed by atoms with Crippen LogP contribution in [0.3, 0.4) is 0 Å². The van der Waals surface area contributed by atoms with E-state index in [1.54, 1.807) is 11.1 Å². The molecule has 3 aliphatic rings. The van der Waals surface area contributed by atoms with Crippen molar-refractivity contribution in [1.82, 2.24) is 19.1 Å². The second-order valence-corrected chi connectivity index (χ2v) is 12.6. The van der Waals surface area contributed by atoms with Crippen LogP contribution in [0.15, 0.2) is 57.0 Å². The Hall–Kier alpha value is -4.31. The fourth-order valence-electron chi connectivity index (χ4n) is 6.17. The molecule has 3 aromatic heterocycles. The Labute approximate surface area is 257 Å². The van der Waals surface area contributed by atoms with Gasteiger partial charge in [-0.3, -0.25) is 28.2 Å². The first kappa shape index (κ1) is 30.3. The number of aromatic nitrogens is 4. The highest BCUT2D eigenvalue weighted by Crippen LogP contribution is 2.54. The lowest BCUT2D eigenvalue weighted by molar-refractivity contribution is -0.171. The number of cyclic esters (lactones) is 1. The number of carbonyl (C=O) groups excluding carboxylic acids is 1. The molecule has 1 saturated heterocycles. The summed E-state index contributed by atoms with van der Waals surface area (Å²) in [7, 11) is -5.16. The predicted octanol–water partition coefficient (Wildman–Crippen LogP) is 1.56. The highest BCUT2D eigenvalue weighted by Gasteiger charge is 2.53. The van der Waals surface area contributed by atoms with Crippen molar-refractivity contribution in [2.24, 2.45) is 0 Å². The van der Waals surface area contributed by atoms with Gasteiger partial charge in [-0.05, 0) is 24.6 Å². The zero-order valence-corrected chi connectivity index (χ0v) is 24.9. The number of fused-ring (bicyclic) bond motifs is 5. The average molecular weight is 657 g/mol. The van der Waals surface area contributed by atoms with E-state index in [2.05, 4.69) is 0 Å². The molecule has 6 heterocycles. The van der Waals surface area contributed by atoms with Crippen molar-refractivity contribution in [2.45, 2.75) is 57.0 Å². The minimum absolute atomic E-state index is 0.0415. The lowest BCUT2D eigenvalue weighted by Gasteiger charge is -2.36. The number of aliphatic hydroxyl groups is 1. The van der Waals surface area contributed by atoms with Gasteiger partial charge in [-0.15, -0.1) is 0 Å². The van der Waals surface area contributed by atoms with Crippen LogP contribution in [0.25, 0.3) is 22.3 Å². The van der Waals surface area contributed by atoms with Gasteiger partial charge in [0.05, 0.1) is 47.9 Å². The van der Waals surface area contributed by atoms with Crippen molar-refractivity contribution >= 4 is 24.7 Å². The third-order valence-electron chi connectivity index (χ3n) is 8.50. The molecule has 3 N–H and O–H groups in total. The van der Waals surface area contributed by atoms with E-state index in [1.807, 2.05) is 30.3 Å². The Bertz CT molecular complexity index is 2160. The van der Waals surface area contributed by atoms with Crippen LogP contribution in [-0.2, 0) is 46.6 Å². The number of rotatable bonds is 7. The second kappa shape index (κ2) is 10.9. The van der Waals surface area contributed by atoms with Crippen molar-refractivity contribution in [2.75, 3.05) is 6.61 Å². The molecule has 0 spiro atoms. The lowest BCUT2D eigenvalue weighted by atomic mass is 9.86. The minimum atomic E-state index is -5.16. The molecule has 17 heteroatoms. The summed E-state index contributed by atoms with van der Waals surface area (Å²) in [5.41, 5.74) is -2.40. The molecule has 4 aromatic rings. The van der Waals surface area contributed by atoms with Gasteiger partial charge >= 0.3 is 19.5 Å². The lowest BCUT2D eigenvalue weighted by Crippen LogP contribution is -2.46. The van der Waals surface area contributed by atoms with Crippen molar-refractivity contribution in [3.05, 3.63) is 96.3 Å². The Kier molecular flexibility index (Phi) is 7.19. The topological polar surface area (TPSA) is 201 Å². The maximum Gasteiger partial charge on any atom is 0.473 e. The molecule has 240 valence electrons. The number of hydrogen-bond acceptors (Lipinski definition) is 11. The van der Waals surface area contributed by atoms with Crippen molar-refractivity contribution < 1.29 is 42.3 Å². The molecule has 46 heavy (non-hydrogen) atoms. The van der Waals surface area contributed by atoms with Gasteiger partial charge in [0.15, 0.2) is 0 Å². The summed E-state index contributed by atoms with van der Waals surface area (Å²) in [5.74, 6) is -2.26. The molecule has 1 unspecified atom stereocenters. The molecule has 0 radical (unpaired) electrons. The first-order chi connectivity index (χ1) is 21.9. The van der Waals surface area contributed by atoms with E-state index in [0.717, 1.165) is 15.5 Å². The number of carbonyl (C=O) groups is 1. The van der Waals surface area contributed by atoms with Crippen LogP contribution in [-0.4, -0.2) is 53.9 Å². The van der Waals surface area contributed by atoms with Crippen LogP contribution in [0.5, 0.6) is 0 Å². The number of ether oxygens (including phenoxy) is 2. The van der Waals surface area contributed by atoms with E-state index in [9.17, 15) is 38.1 Å². The standard InChI is InChI=1S/C29H26FN4O11P/c1-2-29(45-46(40,41)43-13-22-21(35)9-23(44-22)34-11-18(30)25(36)32-28(34)39)17-8-20-24-15(7-14-5-3-4-6-19(14)31-24)10-33(20)26(37)16(17)12-42-27(29)38/h3-8,11,21-23,35H,2,9-10,12-13H2,1H3,(H,40,41)(H,32,36,39)/t21-,22+,23+,29-/m0/s1. The second-order valence-electron chi connectivity index (χ2n) is 11.2. The highest BCUT2D eigenvalue weighted by molar-refractivity contribution is 7.47. The Morgan fingerprint density at radius 2 is 2.00 bits per heavy atom. The zero-order chi connectivity index (χ0) is 32.5. The summed E-state index contributed by atoms with van der Waals surface area (Å²) < 4.78 is 50.9. The zero-order valence-electron chi connectivity index (χ0n) is 24.0. The Balaban J connectivity index is 1.17. The molecule has 0 aliphatic carbocycles. The summed E-state index contributed by atoms with van der Waals surface area (Å²) in [6.07, 6.45) is -3.70. The van der Waals surface area contributed by atoms with Gasteiger partial charge in [0.1, 0.15) is 18.9 Å². The molecule has 0 bridgehead atoms. The number of phosphoric ester groups is 1. The molecule has 0 saturated carbocycles. The van der Waals surface area contributed by atoms with Crippen molar-refractivity contribution in [3.8, 4) is 11.4 Å². The molecule has 1 aromatic carbocycles. The summed E-state index contributed by atoms with van der Waals surface area (Å²) >= 11 is 0. The molecule has 0 amide bonds. The smallest absolute Gasteiger partial charge is 0.458 e. The number of phosphoric acid groups is 1. The van der Waals surface area contributed by atoms with Crippen molar-refractivity contribution in [3.63, 3.8) is 0 Å². The molecular formula is C29H26FN4O11P. The van der Waals surface area contributed by atoms with E-state index >= 15 is 0 Å². The number of esters is 1. The normalized spacial score (nSPS) is 24.7.